The molecular formula is C6H9NO2. The van der Waals surface area contributed by atoms with Crippen LogP contribution in [0.15, 0.2) is 0 Å². The third-order valence-electron chi connectivity index (χ3n) is 2.79. The summed E-state index contributed by atoms with van der Waals surface area (Å²) in [5, 5.41) is 10.2. The Kier molecular flexibility index (Phi) is 0.845. The Morgan fingerprint density at radius 1 is 1.44 bits per heavy atom. The van der Waals surface area contributed by atoms with Gasteiger partial charge in [0, 0.05) is 17.3 Å². The lowest BCUT2D eigenvalue weighted by Crippen LogP contribution is -2.52. The highest BCUT2D eigenvalue weighted by Crippen LogP contribution is 2.51. The van der Waals surface area contributed by atoms with Gasteiger partial charge in [-0.3, -0.25) is 10.1 Å². The lowest BCUT2D eigenvalue weighted by molar-refractivity contribution is -0.560. The quantitative estimate of drug-likeness (QED) is 0.390. The van der Waals surface area contributed by atoms with Crippen molar-refractivity contribution < 1.29 is 4.92 Å². The van der Waals surface area contributed by atoms with Gasteiger partial charge in [-0.2, -0.15) is 0 Å². The Morgan fingerprint density at radius 2 is 2.22 bits per heavy atom. The second-order valence-corrected chi connectivity index (χ2v) is 3.09. The fourth-order valence-corrected chi connectivity index (χ4v) is 1.93. The molecule has 2 aliphatic carbocycles. The zero-order valence-electron chi connectivity index (χ0n) is 5.12. The van der Waals surface area contributed by atoms with E-state index in [1.807, 2.05) is 0 Å². The van der Waals surface area contributed by atoms with Crippen molar-refractivity contribution in [2.45, 2.75) is 25.3 Å². The molecule has 0 radical (unpaired) electrons. The molecule has 0 saturated heterocycles. The Balaban J connectivity index is 1.97. The lowest BCUT2D eigenvalue weighted by Gasteiger charge is -2.47. The Labute approximate surface area is 53.2 Å². The maximum atomic E-state index is 10.2. The van der Waals surface area contributed by atoms with E-state index in [4.69, 9.17) is 0 Å². The molecular weight excluding hydrogens is 118 g/mol. The molecule has 3 nitrogen and oxygen atoms in total. The predicted molar refractivity (Wildman–Crippen MR) is 31.6 cm³/mol. The van der Waals surface area contributed by atoms with Crippen LogP contribution in [-0.2, 0) is 0 Å². The van der Waals surface area contributed by atoms with E-state index in [1.165, 1.54) is 6.42 Å². The first-order valence-electron chi connectivity index (χ1n) is 3.42. The largest absolute Gasteiger partial charge is 0.264 e. The maximum absolute atomic E-state index is 10.2. The van der Waals surface area contributed by atoms with E-state index < -0.39 is 0 Å². The van der Waals surface area contributed by atoms with Gasteiger partial charge < -0.3 is 0 Å². The molecule has 0 heterocycles. The van der Waals surface area contributed by atoms with E-state index in [0.29, 0.717) is 5.92 Å². The van der Waals surface area contributed by atoms with E-state index >= 15 is 0 Å². The molecule has 0 spiro atoms. The summed E-state index contributed by atoms with van der Waals surface area (Å²) in [6, 6.07) is -0.163. The average Bonchev–Trinajstić information content (AvgIpc) is 1.76. The van der Waals surface area contributed by atoms with Gasteiger partial charge in [-0.15, -0.1) is 0 Å². The molecule has 0 bridgehead atoms. The minimum absolute atomic E-state index is 0.111. The van der Waals surface area contributed by atoms with Crippen molar-refractivity contribution in [3.05, 3.63) is 10.1 Å². The summed E-state index contributed by atoms with van der Waals surface area (Å²) in [6.45, 7) is 0. The molecule has 2 rings (SSSR count). The molecule has 0 N–H and O–H groups in total. The minimum Gasteiger partial charge on any atom is -0.264 e. The molecule has 2 saturated carbocycles. The maximum Gasteiger partial charge on any atom is 0.216 e. The van der Waals surface area contributed by atoms with Crippen LogP contribution in [0.2, 0.25) is 0 Å². The number of hydrogen-bond donors (Lipinski definition) is 0. The molecule has 2 fully saturated rings. The summed E-state index contributed by atoms with van der Waals surface area (Å²) in [6.07, 6.45) is 3.21. The SMILES string of the molecule is O=[N+]([O-])C1CC2CCC21. The van der Waals surface area contributed by atoms with Gasteiger partial charge >= 0.3 is 0 Å². The average molecular weight is 127 g/mol. The smallest absolute Gasteiger partial charge is 0.216 e. The van der Waals surface area contributed by atoms with Gasteiger partial charge in [-0.1, -0.05) is 0 Å². The normalized spacial score (nSPS) is 46.4. The van der Waals surface area contributed by atoms with Gasteiger partial charge in [0.05, 0.1) is 0 Å². The number of fused-ring (bicyclic) bond motifs is 1. The molecule has 0 aromatic carbocycles. The third kappa shape index (κ3) is 0.519. The third-order valence-corrected chi connectivity index (χ3v) is 2.79. The fraction of sp³-hybridized carbons (Fsp3) is 1.00. The van der Waals surface area contributed by atoms with Crippen molar-refractivity contribution in [2.24, 2.45) is 11.8 Å². The summed E-state index contributed by atoms with van der Waals surface area (Å²) in [4.78, 5) is 10.1. The second kappa shape index (κ2) is 1.46. The Hall–Kier alpha value is -0.600. The van der Waals surface area contributed by atoms with E-state index in [-0.39, 0.29) is 11.0 Å². The molecule has 9 heavy (non-hydrogen) atoms. The van der Waals surface area contributed by atoms with Crippen LogP contribution < -0.4 is 0 Å². The van der Waals surface area contributed by atoms with Crippen molar-refractivity contribution in [3.8, 4) is 0 Å². The number of nitro groups is 1. The molecule has 0 amide bonds. The first-order valence-corrected chi connectivity index (χ1v) is 3.42. The predicted octanol–water partition coefficient (Wildman–Crippen LogP) is 1.06. The molecule has 50 valence electrons. The van der Waals surface area contributed by atoms with Crippen LogP contribution in [0.1, 0.15) is 19.3 Å². The van der Waals surface area contributed by atoms with Crippen molar-refractivity contribution in [1.82, 2.24) is 0 Å². The van der Waals surface area contributed by atoms with Crippen LogP contribution in [0.3, 0.4) is 0 Å². The van der Waals surface area contributed by atoms with Crippen molar-refractivity contribution in [1.29, 1.82) is 0 Å². The molecule has 2 aliphatic rings. The molecule has 0 aromatic rings. The van der Waals surface area contributed by atoms with Gasteiger partial charge in [0.2, 0.25) is 6.04 Å². The zero-order chi connectivity index (χ0) is 6.43. The van der Waals surface area contributed by atoms with E-state index in [0.717, 1.165) is 18.8 Å². The minimum atomic E-state index is -0.163. The van der Waals surface area contributed by atoms with Gasteiger partial charge in [-0.25, -0.2) is 0 Å². The fourth-order valence-electron chi connectivity index (χ4n) is 1.93. The Bertz CT molecular complexity index is 157. The highest BCUT2D eigenvalue weighted by Gasteiger charge is 2.54. The number of rotatable bonds is 1. The van der Waals surface area contributed by atoms with Crippen LogP contribution >= 0.6 is 0 Å². The lowest BCUT2D eigenvalue weighted by atomic mass is 9.57. The second-order valence-electron chi connectivity index (χ2n) is 3.09. The van der Waals surface area contributed by atoms with Crippen LogP contribution in [0, 0.1) is 22.0 Å². The first kappa shape index (κ1) is 5.21. The van der Waals surface area contributed by atoms with Crippen molar-refractivity contribution >= 4 is 0 Å². The summed E-state index contributed by atoms with van der Waals surface area (Å²) < 4.78 is 0. The van der Waals surface area contributed by atoms with Crippen molar-refractivity contribution in [3.63, 3.8) is 0 Å². The Morgan fingerprint density at radius 3 is 2.33 bits per heavy atom. The van der Waals surface area contributed by atoms with E-state index in [9.17, 15) is 10.1 Å². The summed E-state index contributed by atoms with van der Waals surface area (Å²) >= 11 is 0. The van der Waals surface area contributed by atoms with Gasteiger partial charge in [-0.05, 0) is 18.8 Å². The molecule has 3 unspecified atom stereocenters. The molecule has 0 aromatic heterocycles. The van der Waals surface area contributed by atoms with Gasteiger partial charge in [0.15, 0.2) is 0 Å². The standard InChI is InChI=1S/C6H9NO2/c8-7(9)6-3-4-1-2-5(4)6/h4-6H,1-3H2. The summed E-state index contributed by atoms with van der Waals surface area (Å²) in [5.74, 6) is 1.21. The van der Waals surface area contributed by atoms with E-state index in [1.54, 1.807) is 0 Å². The number of nitrogens with zero attached hydrogens (tertiary/aromatic N) is 1. The van der Waals surface area contributed by atoms with Crippen LogP contribution in [-0.4, -0.2) is 11.0 Å². The van der Waals surface area contributed by atoms with Crippen molar-refractivity contribution in [2.75, 3.05) is 0 Å². The van der Waals surface area contributed by atoms with Crippen LogP contribution in [0.4, 0.5) is 0 Å². The molecule has 0 aliphatic heterocycles. The molecule has 3 atom stereocenters. The highest BCUT2D eigenvalue weighted by atomic mass is 16.6. The van der Waals surface area contributed by atoms with Crippen LogP contribution in [0.5, 0.6) is 0 Å². The summed E-state index contributed by atoms with van der Waals surface area (Å²) in [7, 11) is 0. The highest BCUT2D eigenvalue weighted by molar-refractivity contribution is 4.96. The summed E-state index contributed by atoms with van der Waals surface area (Å²) in [5.41, 5.74) is 0. The topological polar surface area (TPSA) is 43.1 Å². The number of hydrogen-bond acceptors (Lipinski definition) is 2. The first-order chi connectivity index (χ1) is 4.29. The van der Waals surface area contributed by atoms with Gasteiger partial charge in [0.1, 0.15) is 0 Å². The zero-order valence-corrected chi connectivity index (χ0v) is 5.12. The van der Waals surface area contributed by atoms with Gasteiger partial charge in [0.25, 0.3) is 0 Å². The monoisotopic (exact) mass is 127 g/mol. The van der Waals surface area contributed by atoms with E-state index in [2.05, 4.69) is 0 Å². The molecule has 3 heteroatoms. The van der Waals surface area contributed by atoms with Crippen LogP contribution in [0.25, 0.3) is 0 Å².